The lowest BCUT2D eigenvalue weighted by Crippen LogP contribution is -2.17. The van der Waals surface area contributed by atoms with Crippen molar-refractivity contribution in [1.29, 1.82) is 0 Å². The number of hydrogen-bond acceptors (Lipinski definition) is 7. The third-order valence-corrected chi connectivity index (χ3v) is 5.68. The summed E-state index contributed by atoms with van der Waals surface area (Å²) in [5.74, 6) is -0.328. The van der Waals surface area contributed by atoms with Gasteiger partial charge >= 0.3 is 11.9 Å². The molecule has 0 fully saturated rings. The summed E-state index contributed by atoms with van der Waals surface area (Å²) in [6, 6.07) is 22.1. The second kappa shape index (κ2) is 15.8. The Morgan fingerprint density at radius 2 is 1.46 bits per heavy atom. The standard InChI is InChI=1S/C31H35NO7/c1-3-36-29(33)21-24-13-18-28(39-22-30(34)37-4-2)27(20-24)32-31(35)25-14-16-26(17-15-25)38-19-9-8-12-23-10-6-5-7-11-23/h5-7,10-11,13-18,20H,3-4,8-9,12,19,21-22H2,1-2H3,(H,32,35). The molecule has 0 heterocycles. The first-order valence-electron chi connectivity index (χ1n) is 13.1. The van der Waals surface area contributed by atoms with Crippen LogP contribution in [0.5, 0.6) is 11.5 Å². The van der Waals surface area contributed by atoms with Gasteiger partial charge < -0.3 is 24.3 Å². The summed E-state index contributed by atoms with van der Waals surface area (Å²) in [5.41, 5.74) is 2.68. The normalized spacial score (nSPS) is 10.4. The quantitative estimate of drug-likeness (QED) is 0.207. The minimum atomic E-state index is -0.527. The number of benzene rings is 3. The van der Waals surface area contributed by atoms with E-state index in [1.165, 1.54) is 5.56 Å². The Morgan fingerprint density at radius 3 is 2.18 bits per heavy atom. The molecule has 8 heteroatoms. The largest absolute Gasteiger partial charge is 0.494 e. The first-order valence-corrected chi connectivity index (χ1v) is 13.1. The summed E-state index contributed by atoms with van der Waals surface area (Å²) in [4.78, 5) is 36.7. The van der Waals surface area contributed by atoms with Crippen LogP contribution in [-0.4, -0.2) is 44.3 Å². The Hall–Kier alpha value is -4.33. The Morgan fingerprint density at radius 1 is 0.744 bits per heavy atom. The van der Waals surface area contributed by atoms with Crippen LogP contribution in [0, 0.1) is 0 Å². The zero-order valence-corrected chi connectivity index (χ0v) is 22.4. The van der Waals surface area contributed by atoms with Gasteiger partial charge in [0, 0.05) is 5.56 Å². The lowest BCUT2D eigenvalue weighted by atomic mass is 10.1. The molecule has 0 saturated heterocycles. The minimum Gasteiger partial charge on any atom is -0.494 e. The van der Waals surface area contributed by atoms with Crippen molar-refractivity contribution in [2.24, 2.45) is 0 Å². The van der Waals surface area contributed by atoms with E-state index in [9.17, 15) is 14.4 Å². The van der Waals surface area contributed by atoms with Gasteiger partial charge in [-0.3, -0.25) is 9.59 Å². The lowest BCUT2D eigenvalue weighted by Gasteiger charge is -2.14. The molecule has 0 spiro atoms. The van der Waals surface area contributed by atoms with E-state index in [1.54, 1.807) is 56.3 Å². The molecule has 3 aromatic carbocycles. The average Bonchev–Trinajstić information content (AvgIpc) is 2.93. The predicted molar refractivity (Wildman–Crippen MR) is 148 cm³/mol. The number of anilines is 1. The topological polar surface area (TPSA) is 100 Å². The maximum atomic E-state index is 13.0. The van der Waals surface area contributed by atoms with Crippen molar-refractivity contribution in [1.82, 2.24) is 0 Å². The molecule has 1 amide bonds. The third kappa shape index (κ3) is 10.2. The molecule has 0 aliphatic carbocycles. The Labute approximate surface area is 229 Å². The molecular weight excluding hydrogens is 498 g/mol. The monoisotopic (exact) mass is 533 g/mol. The van der Waals surface area contributed by atoms with Gasteiger partial charge in [-0.1, -0.05) is 36.4 Å². The molecule has 0 bridgehead atoms. The summed E-state index contributed by atoms with van der Waals surface area (Å²) in [7, 11) is 0. The molecule has 0 aromatic heterocycles. The van der Waals surface area contributed by atoms with E-state index in [1.807, 2.05) is 18.2 Å². The maximum absolute atomic E-state index is 13.0. The number of aryl methyl sites for hydroxylation is 1. The highest BCUT2D eigenvalue weighted by molar-refractivity contribution is 6.05. The van der Waals surface area contributed by atoms with Gasteiger partial charge in [0.25, 0.3) is 5.91 Å². The fourth-order valence-electron chi connectivity index (χ4n) is 3.79. The fraction of sp³-hybridized carbons (Fsp3) is 0.323. The average molecular weight is 534 g/mol. The summed E-state index contributed by atoms with van der Waals surface area (Å²) in [6.45, 7) is 4.22. The second-order valence-corrected chi connectivity index (χ2v) is 8.68. The van der Waals surface area contributed by atoms with Gasteiger partial charge in [-0.15, -0.1) is 0 Å². The number of carbonyl (C=O) groups is 3. The first-order chi connectivity index (χ1) is 19.0. The molecule has 0 atom stereocenters. The van der Waals surface area contributed by atoms with Crippen molar-refractivity contribution in [3.8, 4) is 11.5 Å². The summed E-state index contributed by atoms with van der Waals surface area (Å²) < 4.78 is 21.3. The molecule has 206 valence electrons. The maximum Gasteiger partial charge on any atom is 0.344 e. The number of amides is 1. The van der Waals surface area contributed by atoms with Crippen molar-refractivity contribution >= 4 is 23.5 Å². The number of rotatable bonds is 15. The van der Waals surface area contributed by atoms with E-state index in [4.69, 9.17) is 18.9 Å². The van der Waals surface area contributed by atoms with Crippen LogP contribution in [-0.2, 0) is 31.9 Å². The number of hydrogen-bond donors (Lipinski definition) is 1. The van der Waals surface area contributed by atoms with Crippen LogP contribution in [0.1, 0.15) is 48.2 Å². The van der Waals surface area contributed by atoms with E-state index >= 15 is 0 Å². The van der Waals surface area contributed by atoms with Crippen LogP contribution in [0.2, 0.25) is 0 Å². The van der Waals surface area contributed by atoms with Gasteiger partial charge in [-0.25, -0.2) is 4.79 Å². The summed E-state index contributed by atoms with van der Waals surface area (Å²) in [6.07, 6.45) is 3.00. The van der Waals surface area contributed by atoms with Crippen LogP contribution in [0.4, 0.5) is 5.69 Å². The third-order valence-electron chi connectivity index (χ3n) is 5.68. The van der Waals surface area contributed by atoms with Crippen LogP contribution < -0.4 is 14.8 Å². The zero-order chi connectivity index (χ0) is 27.9. The highest BCUT2D eigenvalue weighted by Gasteiger charge is 2.15. The van der Waals surface area contributed by atoms with Crippen molar-refractivity contribution in [3.63, 3.8) is 0 Å². The molecule has 8 nitrogen and oxygen atoms in total. The van der Waals surface area contributed by atoms with Crippen LogP contribution >= 0.6 is 0 Å². The Balaban J connectivity index is 1.58. The molecule has 39 heavy (non-hydrogen) atoms. The van der Waals surface area contributed by atoms with Gasteiger partial charge in [-0.05, 0) is 80.6 Å². The van der Waals surface area contributed by atoms with E-state index < -0.39 is 5.97 Å². The van der Waals surface area contributed by atoms with Gasteiger partial charge in [-0.2, -0.15) is 0 Å². The molecule has 0 unspecified atom stereocenters. The molecular formula is C31H35NO7. The van der Waals surface area contributed by atoms with Crippen LogP contribution in [0.15, 0.2) is 72.8 Å². The Bertz CT molecular complexity index is 1210. The zero-order valence-electron chi connectivity index (χ0n) is 22.4. The highest BCUT2D eigenvalue weighted by atomic mass is 16.6. The number of carbonyl (C=O) groups excluding carboxylic acids is 3. The van der Waals surface area contributed by atoms with E-state index in [-0.39, 0.29) is 43.9 Å². The highest BCUT2D eigenvalue weighted by Crippen LogP contribution is 2.27. The van der Waals surface area contributed by atoms with E-state index in [0.717, 1.165) is 19.3 Å². The lowest BCUT2D eigenvalue weighted by molar-refractivity contribution is -0.145. The number of esters is 2. The number of ether oxygens (including phenoxy) is 4. The SMILES string of the molecule is CCOC(=O)COc1ccc(CC(=O)OCC)cc1NC(=O)c1ccc(OCCCCc2ccccc2)cc1. The predicted octanol–water partition coefficient (Wildman–Crippen LogP) is 5.39. The second-order valence-electron chi connectivity index (χ2n) is 8.68. The van der Waals surface area contributed by atoms with Crippen molar-refractivity contribution in [3.05, 3.63) is 89.5 Å². The van der Waals surface area contributed by atoms with Gasteiger partial charge in [0.05, 0.1) is 31.9 Å². The van der Waals surface area contributed by atoms with E-state index in [0.29, 0.717) is 29.2 Å². The van der Waals surface area contributed by atoms with Gasteiger partial charge in [0.1, 0.15) is 11.5 Å². The van der Waals surface area contributed by atoms with Gasteiger partial charge in [0.15, 0.2) is 6.61 Å². The smallest absolute Gasteiger partial charge is 0.344 e. The first kappa shape index (κ1) is 29.2. The van der Waals surface area contributed by atoms with Gasteiger partial charge in [0.2, 0.25) is 0 Å². The van der Waals surface area contributed by atoms with E-state index in [2.05, 4.69) is 17.4 Å². The molecule has 0 saturated carbocycles. The molecule has 0 radical (unpaired) electrons. The molecule has 0 aliphatic heterocycles. The van der Waals surface area contributed by atoms with Crippen molar-refractivity contribution < 1.29 is 33.3 Å². The van der Waals surface area contributed by atoms with Crippen LogP contribution in [0.25, 0.3) is 0 Å². The summed E-state index contributed by atoms with van der Waals surface area (Å²) in [5, 5.41) is 2.81. The molecule has 3 rings (SSSR count). The minimum absolute atomic E-state index is 0.0340. The van der Waals surface area contributed by atoms with Crippen LogP contribution in [0.3, 0.4) is 0 Å². The van der Waals surface area contributed by atoms with Crippen molar-refractivity contribution in [2.45, 2.75) is 39.5 Å². The summed E-state index contributed by atoms with van der Waals surface area (Å²) >= 11 is 0. The molecule has 3 aromatic rings. The van der Waals surface area contributed by atoms with Crippen molar-refractivity contribution in [2.75, 3.05) is 31.7 Å². The molecule has 1 N–H and O–H groups in total. The number of unbranched alkanes of at least 4 members (excludes halogenated alkanes) is 1. The fourth-order valence-corrected chi connectivity index (χ4v) is 3.79. The molecule has 0 aliphatic rings. The number of nitrogens with one attached hydrogen (secondary N) is 1. The Kier molecular flexibility index (Phi) is 11.9.